The maximum Gasteiger partial charge on any atom is 0.232 e. The Balaban J connectivity index is 2.38. The van der Waals surface area contributed by atoms with Crippen molar-refractivity contribution in [1.82, 2.24) is 0 Å². The van der Waals surface area contributed by atoms with Gasteiger partial charge in [-0.1, -0.05) is 12.1 Å². The molecule has 0 aromatic heterocycles. The third-order valence-electron chi connectivity index (χ3n) is 3.53. The molecule has 0 aliphatic heterocycles. The molecule has 2 aromatic carbocycles. The molecule has 0 amide bonds. The molecule has 0 radical (unpaired) electrons. The number of ether oxygens (including phenoxy) is 1. The molecule has 5 nitrogen and oxygen atoms in total. The maximum absolute atomic E-state index is 14.2. The van der Waals surface area contributed by atoms with E-state index in [2.05, 4.69) is 0 Å². The number of benzene rings is 2. The van der Waals surface area contributed by atoms with E-state index < -0.39 is 15.8 Å². The third kappa shape index (κ3) is 4.11. The van der Waals surface area contributed by atoms with E-state index in [0.717, 1.165) is 16.6 Å². The summed E-state index contributed by atoms with van der Waals surface area (Å²) in [6.45, 7) is 1.17. The zero-order chi connectivity index (χ0) is 17.9. The van der Waals surface area contributed by atoms with Crippen molar-refractivity contribution in [2.24, 2.45) is 0 Å². The highest BCUT2D eigenvalue weighted by molar-refractivity contribution is 7.92. The van der Waals surface area contributed by atoms with E-state index in [1.165, 1.54) is 26.2 Å². The van der Waals surface area contributed by atoms with Crippen LogP contribution in [-0.2, 0) is 16.6 Å². The van der Waals surface area contributed by atoms with Crippen LogP contribution in [0.4, 0.5) is 10.1 Å². The monoisotopic (exact) mass is 351 g/mol. The van der Waals surface area contributed by atoms with E-state index in [1.54, 1.807) is 24.3 Å². The predicted molar refractivity (Wildman–Crippen MR) is 90.4 cm³/mol. The van der Waals surface area contributed by atoms with E-state index in [1.807, 2.05) is 0 Å². The minimum Gasteiger partial charge on any atom is -0.497 e. The van der Waals surface area contributed by atoms with Crippen molar-refractivity contribution >= 4 is 21.5 Å². The molecule has 0 bridgehead atoms. The lowest BCUT2D eigenvalue weighted by Gasteiger charge is -2.23. The molecule has 0 spiro atoms. The van der Waals surface area contributed by atoms with Crippen LogP contribution in [0.5, 0.6) is 5.75 Å². The van der Waals surface area contributed by atoms with E-state index in [9.17, 15) is 17.6 Å². The van der Waals surface area contributed by atoms with Gasteiger partial charge in [0.1, 0.15) is 11.6 Å². The second-order valence-electron chi connectivity index (χ2n) is 5.33. The van der Waals surface area contributed by atoms with Gasteiger partial charge in [-0.05, 0) is 37.3 Å². The Hall–Kier alpha value is -2.41. The van der Waals surface area contributed by atoms with Crippen molar-refractivity contribution in [3.8, 4) is 5.75 Å². The van der Waals surface area contributed by atoms with Crippen molar-refractivity contribution in [1.29, 1.82) is 0 Å². The first-order valence-electron chi connectivity index (χ1n) is 7.13. The molecule has 0 fully saturated rings. The van der Waals surface area contributed by atoms with E-state index in [0.29, 0.717) is 11.4 Å². The highest BCUT2D eigenvalue weighted by Crippen LogP contribution is 2.24. The topological polar surface area (TPSA) is 63.7 Å². The van der Waals surface area contributed by atoms with Crippen LogP contribution in [0.3, 0.4) is 0 Å². The number of hydrogen-bond acceptors (Lipinski definition) is 4. The van der Waals surface area contributed by atoms with Gasteiger partial charge in [-0.3, -0.25) is 9.10 Å². The Morgan fingerprint density at radius 1 is 1.17 bits per heavy atom. The molecule has 0 aliphatic rings. The number of anilines is 1. The average molecular weight is 351 g/mol. The summed E-state index contributed by atoms with van der Waals surface area (Å²) in [6, 6.07) is 10.4. The Morgan fingerprint density at radius 2 is 1.79 bits per heavy atom. The Morgan fingerprint density at radius 3 is 2.25 bits per heavy atom. The van der Waals surface area contributed by atoms with Crippen LogP contribution in [0, 0.1) is 5.82 Å². The molecule has 24 heavy (non-hydrogen) atoms. The van der Waals surface area contributed by atoms with Gasteiger partial charge >= 0.3 is 0 Å². The van der Waals surface area contributed by atoms with Gasteiger partial charge in [-0.2, -0.15) is 0 Å². The highest BCUT2D eigenvalue weighted by atomic mass is 32.2. The standard InChI is InChI=1S/C17H18FNO4S/c1-12(20)13-4-5-14(17(18)10-13)11-19(24(3,21)22)15-6-8-16(23-2)9-7-15/h4-10H,11H2,1-3H3. The Bertz CT molecular complexity index is 847. The summed E-state index contributed by atoms with van der Waals surface area (Å²) in [5.41, 5.74) is 0.821. The summed E-state index contributed by atoms with van der Waals surface area (Å²) in [5, 5.41) is 0. The molecular formula is C17H18FNO4S. The molecular weight excluding hydrogens is 333 g/mol. The van der Waals surface area contributed by atoms with Crippen LogP contribution in [0.15, 0.2) is 42.5 Å². The predicted octanol–water partition coefficient (Wildman–Crippen LogP) is 3.00. The van der Waals surface area contributed by atoms with Gasteiger partial charge in [-0.25, -0.2) is 12.8 Å². The van der Waals surface area contributed by atoms with E-state index in [4.69, 9.17) is 4.74 Å². The first-order valence-corrected chi connectivity index (χ1v) is 8.98. The molecule has 0 heterocycles. The van der Waals surface area contributed by atoms with Crippen LogP contribution < -0.4 is 9.04 Å². The van der Waals surface area contributed by atoms with Crippen LogP contribution >= 0.6 is 0 Å². The fraction of sp³-hybridized carbons (Fsp3) is 0.235. The summed E-state index contributed by atoms with van der Waals surface area (Å²) in [5.74, 6) is -0.287. The van der Waals surface area contributed by atoms with Gasteiger partial charge in [0.05, 0.1) is 25.6 Å². The summed E-state index contributed by atoms with van der Waals surface area (Å²) in [4.78, 5) is 11.3. The van der Waals surface area contributed by atoms with Crippen LogP contribution in [0.25, 0.3) is 0 Å². The Labute approximate surface area is 140 Å². The Kier molecular flexibility index (Phi) is 5.23. The van der Waals surface area contributed by atoms with Crippen LogP contribution in [0.1, 0.15) is 22.8 Å². The summed E-state index contributed by atoms with van der Waals surface area (Å²) < 4.78 is 44.5. The molecule has 2 rings (SSSR count). The second kappa shape index (κ2) is 7.00. The number of rotatable bonds is 6. The van der Waals surface area contributed by atoms with Crippen molar-refractivity contribution in [2.45, 2.75) is 13.5 Å². The summed E-state index contributed by atoms with van der Waals surface area (Å²) in [7, 11) is -2.11. The third-order valence-corrected chi connectivity index (χ3v) is 4.67. The molecule has 0 N–H and O–H groups in total. The molecule has 2 aromatic rings. The number of Topliss-reactive ketones (excluding diaryl/α,β-unsaturated/α-hetero) is 1. The number of halogens is 1. The number of carbonyl (C=O) groups excluding carboxylic acids is 1. The van der Waals surface area contributed by atoms with Crippen molar-refractivity contribution in [3.05, 3.63) is 59.4 Å². The maximum atomic E-state index is 14.2. The average Bonchev–Trinajstić information content (AvgIpc) is 2.52. The first-order chi connectivity index (χ1) is 11.2. The zero-order valence-corrected chi connectivity index (χ0v) is 14.4. The fourth-order valence-corrected chi connectivity index (χ4v) is 3.08. The SMILES string of the molecule is COc1ccc(N(Cc2ccc(C(C)=O)cc2F)S(C)(=O)=O)cc1. The summed E-state index contributed by atoms with van der Waals surface area (Å²) in [6.07, 6.45) is 1.05. The zero-order valence-electron chi connectivity index (χ0n) is 13.6. The number of nitrogens with zero attached hydrogens (tertiary/aromatic N) is 1. The van der Waals surface area contributed by atoms with Crippen LogP contribution in [-0.4, -0.2) is 27.6 Å². The van der Waals surface area contributed by atoms with E-state index in [-0.39, 0.29) is 23.5 Å². The number of sulfonamides is 1. The number of methoxy groups -OCH3 is 1. The van der Waals surface area contributed by atoms with Crippen LogP contribution in [0.2, 0.25) is 0 Å². The lowest BCUT2D eigenvalue weighted by atomic mass is 10.1. The molecule has 0 saturated carbocycles. The van der Waals surface area contributed by atoms with Crippen molar-refractivity contribution in [2.75, 3.05) is 17.7 Å². The first kappa shape index (κ1) is 17.9. The van der Waals surface area contributed by atoms with E-state index >= 15 is 0 Å². The largest absolute Gasteiger partial charge is 0.497 e. The van der Waals surface area contributed by atoms with Crippen molar-refractivity contribution in [3.63, 3.8) is 0 Å². The van der Waals surface area contributed by atoms with Crippen molar-refractivity contribution < 1.29 is 22.3 Å². The fourth-order valence-electron chi connectivity index (χ4n) is 2.20. The number of hydrogen-bond donors (Lipinski definition) is 0. The van der Waals surface area contributed by atoms with Gasteiger partial charge in [0.2, 0.25) is 10.0 Å². The smallest absolute Gasteiger partial charge is 0.232 e. The molecule has 0 atom stereocenters. The van der Waals surface area contributed by atoms with Gasteiger partial charge in [-0.15, -0.1) is 0 Å². The highest BCUT2D eigenvalue weighted by Gasteiger charge is 2.20. The quantitative estimate of drug-likeness (QED) is 0.751. The van der Waals surface area contributed by atoms with Gasteiger partial charge in [0.25, 0.3) is 0 Å². The molecule has 0 saturated heterocycles. The lowest BCUT2D eigenvalue weighted by molar-refractivity contribution is 0.101. The minimum absolute atomic E-state index is 0.171. The molecule has 0 unspecified atom stereocenters. The minimum atomic E-state index is -3.62. The second-order valence-corrected chi connectivity index (χ2v) is 7.24. The lowest BCUT2D eigenvalue weighted by Crippen LogP contribution is -2.29. The summed E-state index contributed by atoms with van der Waals surface area (Å²) >= 11 is 0. The molecule has 0 aliphatic carbocycles. The van der Waals surface area contributed by atoms with Gasteiger partial charge in [0, 0.05) is 11.1 Å². The number of ketones is 1. The van der Waals surface area contributed by atoms with Gasteiger partial charge < -0.3 is 4.74 Å². The number of carbonyl (C=O) groups is 1. The normalized spacial score (nSPS) is 11.2. The molecule has 128 valence electrons. The van der Waals surface area contributed by atoms with Gasteiger partial charge in [0.15, 0.2) is 5.78 Å². The molecule has 7 heteroatoms.